The summed E-state index contributed by atoms with van der Waals surface area (Å²) in [5.74, 6) is -0.0582. The third kappa shape index (κ3) is 4.73. The van der Waals surface area contributed by atoms with Crippen molar-refractivity contribution in [2.45, 2.75) is 56.0 Å². The minimum Gasteiger partial charge on any atom is -0.459 e. The van der Waals surface area contributed by atoms with E-state index in [0.717, 1.165) is 19.3 Å². The van der Waals surface area contributed by atoms with Crippen molar-refractivity contribution < 1.29 is 22.4 Å². The van der Waals surface area contributed by atoms with E-state index in [1.807, 2.05) is 6.92 Å². The number of hydrogen-bond donors (Lipinski definition) is 1. The van der Waals surface area contributed by atoms with E-state index in [1.54, 1.807) is 33.5 Å². The van der Waals surface area contributed by atoms with E-state index in [2.05, 4.69) is 5.32 Å². The van der Waals surface area contributed by atoms with Gasteiger partial charge in [0.05, 0.1) is 11.2 Å². The molecule has 2 saturated heterocycles. The van der Waals surface area contributed by atoms with Gasteiger partial charge >= 0.3 is 0 Å². The Morgan fingerprint density at radius 3 is 2.34 bits per heavy atom. The molecule has 172 valence electrons. The first kappa shape index (κ1) is 22.5. The molecule has 9 heteroatoms. The number of sulfonamides is 1. The van der Waals surface area contributed by atoms with E-state index in [0.29, 0.717) is 43.8 Å². The summed E-state index contributed by atoms with van der Waals surface area (Å²) in [4.78, 5) is 27.0. The van der Waals surface area contributed by atoms with Crippen LogP contribution < -0.4 is 5.32 Å². The second-order valence-electron chi connectivity index (χ2n) is 8.50. The predicted octanol–water partition coefficient (Wildman–Crippen LogP) is 2.88. The van der Waals surface area contributed by atoms with Crippen molar-refractivity contribution >= 4 is 21.8 Å². The van der Waals surface area contributed by atoms with Crippen LogP contribution in [0, 0.1) is 0 Å². The van der Waals surface area contributed by atoms with Gasteiger partial charge in [0.2, 0.25) is 10.0 Å². The monoisotopic (exact) mass is 459 g/mol. The molecule has 2 aliphatic rings. The Hall–Kier alpha value is -2.65. The molecular formula is C23H29N3O5S. The van der Waals surface area contributed by atoms with Gasteiger partial charge in [-0.1, -0.05) is 6.42 Å². The zero-order chi connectivity index (χ0) is 22.7. The van der Waals surface area contributed by atoms with Crippen LogP contribution in [0.1, 0.15) is 59.9 Å². The maximum atomic E-state index is 13.0. The molecule has 32 heavy (non-hydrogen) atoms. The van der Waals surface area contributed by atoms with E-state index >= 15 is 0 Å². The summed E-state index contributed by atoms with van der Waals surface area (Å²) in [7, 11) is -3.56. The second-order valence-corrected chi connectivity index (χ2v) is 10.4. The highest BCUT2D eigenvalue weighted by Gasteiger charge is 2.31. The molecule has 3 heterocycles. The van der Waals surface area contributed by atoms with Gasteiger partial charge < -0.3 is 14.6 Å². The molecule has 0 spiro atoms. The summed E-state index contributed by atoms with van der Waals surface area (Å²) in [5, 5.41) is 3.00. The summed E-state index contributed by atoms with van der Waals surface area (Å²) in [6, 6.07) is 9.42. The van der Waals surface area contributed by atoms with Crippen LogP contribution in [0.4, 0.5) is 0 Å². The minimum atomic E-state index is -3.56. The average molecular weight is 460 g/mol. The number of rotatable bonds is 5. The summed E-state index contributed by atoms with van der Waals surface area (Å²) < 4.78 is 32.6. The molecule has 1 aromatic carbocycles. The molecule has 1 aromatic heterocycles. The number of carbonyl (C=O) groups excluding carboxylic acids is 2. The predicted molar refractivity (Wildman–Crippen MR) is 119 cm³/mol. The Balaban J connectivity index is 1.33. The van der Waals surface area contributed by atoms with Crippen LogP contribution >= 0.6 is 0 Å². The summed E-state index contributed by atoms with van der Waals surface area (Å²) in [5.41, 5.74) is 0.421. The van der Waals surface area contributed by atoms with Gasteiger partial charge in [0.1, 0.15) is 0 Å². The minimum absolute atomic E-state index is 0.0118. The second kappa shape index (κ2) is 9.46. The highest BCUT2D eigenvalue weighted by Crippen LogP contribution is 2.25. The highest BCUT2D eigenvalue weighted by molar-refractivity contribution is 7.89. The van der Waals surface area contributed by atoms with Gasteiger partial charge in [-0.3, -0.25) is 9.59 Å². The van der Waals surface area contributed by atoms with Gasteiger partial charge in [-0.25, -0.2) is 8.42 Å². The number of piperidine rings is 2. The summed E-state index contributed by atoms with van der Waals surface area (Å²) in [6.45, 7) is 3.55. The first-order valence-corrected chi connectivity index (χ1v) is 12.6. The number of hydrogen-bond acceptors (Lipinski definition) is 5. The van der Waals surface area contributed by atoms with Crippen LogP contribution in [0.2, 0.25) is 0 Å². The maximum absolute atomic E-state index is 13.0. The third-order valence-electron chi connectivity index (χ3n) is 6.31. The first-order chi connectivity index (χ1) is 15.4. The van der Waals surface area contributed by atoms with Crippen LogP contribution in [0.15, 0.2) is 52.0 Å². The van der Waals surface area contributed by atoms with Crippen molar-refractivity contribution in [2.24, 2.45) is 0 Å². The van der Waals surface area contributed by atoms with Crippen LogP contribution in [0.3, 0.4) is 0 Å². The fraction of sp³-hybridized carbons (Fsp3) is 0.478. The Labute approximate surface area is 188 Å². The third-order valence-corrected chi connectivity index (χ3v) is 8.34. The normalized spacial score (nSPS) is 20.8. The molecule has 0 saturated carbocycles. The molecule has 2 aliphatic heterocycles. The Bertz CT molecular complexity index is 1040. The maximum Gasteiger partial charge on any atom is 0.289 e. The Kier molecular flexibility index (Phi) is 6.66. The molecular weight excluding hydrogens is 430 g/mol. The van der Waals surface area contributed by atoms with E-state index in [9.17, 15) is 18.0 Å². The van der Waals surface area contributed by atoms with Crippen molar-refractivity contribution in [3.05, 3.63) is 54.0 Å². The molecule has 4 rings (SSSR count). The number of carbonyl (C=O) groups is 2. The van der Waals surface area contributed by atoms with E-state index < -0.39 is 10.0 Å². The molecule has 0 bridgehead atoms. The average Bonchev–Trinajstić information content (AvgIpc) is 3.34. The highest BCUT2D eigenvalue weighted by atomic mass is 32.2. The quantitative estimate of drug-likeness (QED) is 0.741. The van der Waals surface area contributed by atoms with E-state index in [4.69, 9.17) is 4.42 Å². The molecule has 0 aliphatic carbocycles. The number of benzene rings is 1. The summed E-state index contributed by atoms with van der Waals surface area (Å²) >= 11 is 0. The Morgan fingerprint density at radius 2 is 1.72 bits per heavy atom. The molecule has 2 amide bonds. The summed E-state index contributed by atoms with van der Waals surface area (Å²) in [6.07, 6.45) is 5.56. The van der Waals surface area contributed by atoms with E-state index in [-0.39, 0.29) is 28.8 Å². The topological polar surface area (TPSA) is 99.9 Å². The number of furan rings is 1. The number of nitrogens with one attached hydrogen (secondary N) is 1. The number of nitrogens with zero attached hydrogens (tertiary/aromatic N) is 2. The van der Waals surface area contributed by atoms with Gasteiger partial charge in [0.25, 0.3) is 11.8 Å². The largest absolute Gasteiger partial charge is 0.459 e. The van der Waals surface area contributed by atoms with Crippen molar-refractivity contribution in [2.75, 3.05) is 19.6 Å². The first-order valence-electron chi connectivity index (χ1n) is 11.1. The van der Waals surface area contributed by atoms with Gasteiger partial charge in [-0.15, -0.1) is 0 Å². The zero-order valence-electron chi connectivity index (χ0n) is 18.2. The van der Waals surface area contributed by atoms with Crippen LogP contribution in [0.5, 0.6) is 0 Å². The van der Waals surface area contributed by atoms with Crippen molar-refractivity contribution in [3.63, 3.8) is 0 Å². The fourth-order valence-electron chi connectivity index (χ4n) is 4.39. The lowest BCUT2D eigenvalue weighted by Crippen LogP contribution is -2.46. The van der Waals surface area contributed by atoms with Crippen LogP contribution in [-0.4, -0.2) is 61.2 Å². The van der Waals surface area contributed by atoms with Gasteiger partial charge in [-0.05, 0) is 69.0 Å². The molecule has 2 aromatic rings. The van der Waals surface area contributed by atoms with Gasteiger partial charge in [-0.2, -0.15) is 4.31 Å². The fourth-order valence-corrected chi connectivity index (χ4v) is 6.09. The molecule has 2 fully saturated rings. The molecule has 0 unspecified atom stereocenters. The van der Waals surface area contributed by atoms with Crippen molar-refractivity contribution in [1.82, 2.24) is 14.5 Å². The molecule has 1 N–H and O–H groups in total. The smallest absolute Gasteiger partial charge is 0.289 e. The van der Waals surface area contributed by atoms with Crippen molar-refractivity contribution in [3.8, 4) is 0 Å². The lowest BCUT2D eigenvalue weighted by Gasteiger charge is -2.32. The van der Waals surface area contributed by atoms with Crippen molar-refractivity contribution in [1.29, 1.82) is 0 Å². The number of likely N-dealkylation sites (tertiary alicyclic amines) is 1. The SMILES string of the molecule is C[C@H]1CCCCN1S(=O)(=O)c1ccc(C(=O)NC2CCN(C(=O)c3ccco3)CC2)cc1. The van der Waals surface area contributed by atoms with E-state index in [1.165, 1.54) is 18.4 Å². The molecule has 0 radical (unpaired) electrons. The lowest BCUT2D eigenvalue weighted by molar-refractivity contribution is 0.0667. The Morgan fingerprint density at radius 1 is 1.00 bits per heavy atom. The van der Waals surface area contributed by atoms with Gasteiger partial charge in [0.15, 0.2) is 5.76 Å². The van der Waals surface area contributed by atoms with Crippen LogP contribution in [-0.2, 0) is 10.0 Å². The van der Waals surface area contributed by atoms with Crippen LogP contribution in [0.25, 0.3) is 0 Å². The van der Waals surface area contributed by atoms with Gasteiger partial charge in [0, 0.05) is 37.3 Å². The number of amides is 2. The lowest BCUT2D eigenvalue weighted by atomic mass is 10.0. The zero-order valence-corrected chi connectivity index (χ0v) is 19.0. The molecule has 1 atom stereocenters. The molecule has 8 nitrogen and oxygen atoms in total. The standard InChI is InChI=1S/C23H29N3O5S/c1-17-5-2-3-13-26(17)32(29,30)20-9-7-18(8-10-20)22(27)24-19-11-14-25(15-12-19)23(28)21-6-4-16-31-21/h4,6-10,16-17,19H,2-3,5,11-15H2,1H3,(H,24,27)/t17-/m0/s1.